The van der Waals surface area contributed by atoms with Crippen molar-refractivity contribution in [2.75, 3.05) is 26.9 Å². The zero-order valence-electron chi connectivity index (χ0n) is 35.2. The summed E-state index contributed by atoms with van der Waals surface area (Å²) in [7, 11) is 1.78. The van der Waals surface area contributed by atoms with Crippen LogP contribution in [0.2, 0.25) is 0 Å². The Labute approximate surface area is 337 Å². The van der Waals surface area contributed by atoms with E-state index in [-0.39, 0.29) is 58.7 Å². The lowest BCUT2D eigenvalue weighted by atomic mass is 9.32. The second kappa shape index (κ2) is 15.2. The van der Waals surface area contributed by atoms with E-state index >= 15 is 0 Å². The first-order chi connectivity index (χ1) is 26.6. The average molecular weight is 813 g/mol. The largest absolute Gasteiger partial charge is 0.396 e. The van der Waals surface area contributed by atoms with Crippen molar-refractivity contribution in [2.45, 2.75) is 180 Å². The van der Waals surface area contributed by atoms with Crippen molar-refractivity contribution in [1.29, 1.82) is 0 Å². The molecule has 0 aromatic heterocycles. The fourth-order valence-electron chi connectivity index (χ4n) is 14.0. The summed E-state index contributed by atoms with van der Waals surface area (Å²) in [6, 6.07) is 0. The minimum absolute atomic E-state index is 0.0303. The highest BCUT2D eigenvalue weighted by molar-refractivity contribution is 5.37. The van der Waals surface area contributed by atoms with Crippen LogP contribution in [0.4, 0.5) is 0 Å². The van der Waals surface area contributed by atoms with Crippen molar-refractivity contribution in [3.63, 3.8) is 0 Å². The predicted octanol–water partition coefficient (Wildman–Crippen LogP) is 1.39. The van der Waals surface area contributed by atoms with Crippen LogP contribution in [0, 0.1) is 50.2 Å². The van der Waals surface area contributed by atoms with E-state index in [1.54, 1.807) is 14.0 Å². The van der Waals surface area contributed by atoms with Gasteiger partial charge in [-0.15, -0.1) is 0 Å². The predicted molar refractivity (Wildman–Crippen MR) is 205 cm³/mol. The molecule has 6 fully saturated rings. The number of hydrogen-bond acceptors (Lipinski definition) is 14. The van der Waals surface area contributed by atoms with Gasteiger partial charge < -0.3 is 69.6 Å². The number of aliphatic hydroxyl groups is 9. The molecular weight excluding hydrogens is 740 g/mol. The standard InChI is InChI=1S/C43H72O14/c1-21-29(48)34(57-36-32(51)31(50)30(49)25(18-44)55-36)33(52)37(54-21)56-28-10-11-39(4)26(40(28,5)19-45)9-12-41(6)35(39)24(53-8)15-22-23-16-38(2,3)13-14-43(23,20-46)27(47)17-42(22,41)7/h15,21,23-37,44-52H,9-14,16-20H2,1-8H3/t21-,23+,24-,25-,26-,27+,28+,29+,30-,31+,32-,33-,34+,35-,36+,37+,39+,40+,41-,42-,43-/m1/s1. The fraction of sp³-hybridized carbons (Fsp3) is 0.953. The molecule has 2 heterocycles. The molecule has 0 amide bonds. The summed E-state index contributed by atoms with van der Waals surface area (Å²) in [5.74, 6) is 0.0264. The maximum absolute atomic E-state index is 12.1. The third-order valence-corrected chi connectivity index (χ3v) is 17.7. The van der Waals surface area contributed by atoms with Gasteiger partial charge in [-0.25, -0.2) is 0 Å². The van der Waals surface area contributed by atoms with Gasteiger partial charge in [0.25, 0.3) is 0 Å². The van der Waals surface area contributed by atoms with Crippen molar-refractivity contribution in [1.82, 2.24) is 0 Å². The van der Waals surface area contributed by atoms with Gasteiger partial charge in [-0.05, 0) is 91.8 Å². The maximum Gasteiger partial charge on any atom is 0.187 e. The summed E-state index contributed by atoms with van der Waals surface area (Å²) in [5.41, 5.74) is -0.934. The summed E-state index contributed by atoms with van der Waals surface area (Å²) >= 11 is 0. The molecule has 7 aliphatic rings. The number of rotatable bonds is 8. The Balaban J connectivity index is 1.17. The number of hydrogen-bond donors (Lipinski definition) is 9. The molecule has 0 aromatic rings. The lowest BCUT2D eigenvalue weighted by molar-refractivity contribution is -0.368. The molecule has 0 aromatic carbocycles. The van der Waals surface area contributed by atoms with Crippen LogP contribution in [0.25, 0.3) is 0 Å². The first-order valence-corrected chi connectivity index (χ1v) is 21.4. The van der Waals surface area contributed by atoms with Crippen molar-refractivity contribution >= 4 is 0 Å². The molecule has 14 nitrogen and oxygen atoms in total. The molecule has 4 saturated carbocycles. The van der Waals surface area contributed by atoms with Gasteiger partial charge in [0.2, 0.25) is 0 Å². The second-order valence-electron chi connectivity index (χ2n) is 21.0. The van der Waals surface area contributed by atoms with Crippen LogP contribution in [0.1, 0.15) is 99.8 Å². The minimum atomic E-state index is -1.74. The third kappa shape index (κ3) is 6.48. The highest BCUT2D eigenvalue weighted by Crippen LogP contribution is 2.76. The van der Waals surface area contributed by atoms with Crippen molar-refractivity contribution < 1.29 is 69.6 Å². The lowest BCUT2D eigenvalue weighted by Crippen LogP contribution is -2.70. The van der Waals surface area contributed by atoms with Crippen LogP contribution in [-0.4, -0.2) is 153 Å². The molecule has 9 N–H and O–H groups in total. The Hall–Kier alpha value is -0.820. The Morgan fingerprint density at radius 2 is 1.42 bits per heavy atom. The van der Waals surface area contributed by atoms with Crippen LogP contribution in [0.3, 0.4) is 0 Å². The van der Waals surface area contributed by atoms with Gasteiger partial charge in [0.1, 0.15) is 42.7 Å². The zero-order valence-corrected chi connectivity index (χ0v) is 35.2. The topological polar surface area (TPSA) is 228 Å². The first-order valence-electron chi connectivity index (χ1n) is 21.4. The smallest absolute Gasteiger partial charge is 0.187 e. The number of allylic oxidation sites excluding steroid dienone is 1. The van der Waals surface area contributed by atoms with Crippen LogP contribution in [0.15, 0.2) is 11.6 Å². The van der Waals surface area contributed by atoms with Crippen LogP contribution < -0.4 is 0 Å². The maximum atomic E-state index is 12.1. The molecule has 5 aliphatic carbocycles. The van der Waals surface area contributed by atoms with E-state index in [4.69, 9.17) is 23.7 Å². The summed E-state index contributed by atoms with van der Waals surface area (Å²) in [6.45, 7) is 14.4. The molecule has 0 unspecified atom stereocenters. The summed E-state index contributed by atoms with van der Waals surface area (Å²) in [4.78, 5) is 0. The van der Waals surface area contributed by atoms with Gasteiger partial charge >= 0.3 is 0 Å². The van der Waals surface area contributed by atoms with Crippen molar-refractivity contribution in [3.8, 4) is 0 Å². The van der Waals surface area contributed by atoms with E-state index < -0.39 is 91.1 Å². The van der Waals surface area contributed by atoms with Crippen molar-refractivity contribution in [3.05, 3.63) is 11.6 Å². The van der Waals surface area contributed by atoms with E-state index in [1.165, 1.54) is 5.57 Å². The quantitative estimate of drug-likeness (QED) is 0.125. The Morgan fingerprint density at radius 1 is 0.737 bits per heavy atom. The highest BCUT2D eigenvalue weighted by atomic mass is 16.7. The van der Waals surface area contributed by atoms with E-state index in [0.717, 1.165) is 38.5 Å². The molecule has 21 atom stereocenters. The lowest BCUT2D eigenvalue weighted by Gasteiger charge is -2.73. The Bertz CT molecular complexity index is 1490. The summed E-state index contributed by atoms with van der Waals surface area (Å²) < 4.78 is 30.6. The molecule has 2 saturated heterocycles. The minimum Gasteiger partial charge on any atom is -0.396 e. The molecule has 328 valence electrons. The third-order valence-electron chi connectivity index (χ3n) is 17.7. The second-order valence-corrected chi connectivity index (χ2v) is 21.0. The Kier molecular flexibility index (Phi) is 11.8. The number of aliphatic hydroxyl groups excluding tert-OH is 9. The van der Waals surface area contributed by atoms with Gasteiger partial charge in [0, 0.05) is 23.9 Å². The molecular formula is C43H72O14. The van der Waals surface area contributed by atoms with Gasteiger partial charge in [0.05, 0.1) is 44.2 Å². The van der Waals surface area contributed by atoms with E-state index in [0.29, 0.717) is 12.8 Å². The molecule has 57 heavy (non-hydrogen) atoms. The number of ether oxygens (including phenoxy) is 5. The summed E-state index contributed by atoms with van der Waals surface area (Å²) in [6.07, 6.45) is -7.49. The van der Waals surface area contributed by atoms with Gasteiger partial charge in [0.15, 0.2) is 12.6 Å². The monoisotopic (exact) mass is 812 g/mol. The van der Waals surface area contributed by atoms with Crippen LogP contribution >= 0.6 is 0 Å². The fourth-order valence-corrected chi connectivity index (χ4v) is 14.0. The molecule has 7 rings (SSSR count). The highest BCUT2D eigenvalue weighted by Gasteiger charge is 2.72. The SMILES string of the molecule is CO[C@@H]1C=C2[C@@H]3CC(C)(C)CC[C@]3(CO)[C@@H](O)C[C@@]2(C)[C@]2(C)CC[C@H]3[C@](C)(CO)[C@@H](O[C@@H]4O[C@H](C)[C@H](O)[C@H](O[C@@H]5O[C@H](CO)[C@@H](O)[C@H](O)[C@H]5O)[C@H]4O)CC[C@]3(C)[C@@H]12. The van der Waals surface area contributed by atoms with Gasteiger partial charge in [-0.2, -0.15) is 0 Å². The Morgan fingerprint density at radius 3 is 2.05 bits per heavy atom. The van der Waals surface area contributed by atoms with E-state index in [9.17, 15) is 46.0 Å². The molecule has 2 aliphatic heterocycles. The van der Waals surface area contributed by atoms with Gasteiger partial charge in [-0.3, -0.25) is 0 Å². The normalized spacial score (nSPS) is 56.1. The summed E-state index contributed by atoms with van der Waals surface area (Å²) in [5, 5.41) is 98.1. The zero-order chi connectivity index (χ0) is 41.8. The van der Waals surface area contributed by atoms with Crippen LogP contribution in [-0.2, 0) is 23.7 Å². The molecule has 0 radical (unpaired) electrons. The van der Waals surface area contributed by atoms with Crippen LogP contribution in [0.5, 0.6) is 0 Å². The molecule has 0 spiro atoms. The van der Waals surface area contributed by atoms with Gasteiger partial charge in [-0.1, -0.05) is 53.2 Å². The average Bonchev–Trinajstić information content (AvgIpc) is 3.16. The molecule has 14 heteroatoms. The van der Waals surface area contributed by atoms with E-state index in [1.807, 2.05) is 6.92 Å². The van der Waals surface area contributed by atoms with E-state index in [2.05, 4.69) is 40.7 Å². The molecule has 0 bridgehead atoms. The number of fused-ring (bicyclic) bond motifs is 7. The van der Waals surface area contributed by atoms with Crippen molar-refractivity contribution in [2.24, 2.45) is 50.2 Å². The first kappa shape index (κ1) is 44.2. The number of methoxy groups -OCH3 is 1.